The van der Waals surface area contributed by atoms with Crippen LogP contribution in [0.3, 0.4) is 0 Å². The van der Waals surface area contributed by atoms with Crippen molar-refractivity contribution >= 4 is 10.9 Å². The molecule has 4 rings (SSSR count). The van der Waals surface area contributed by atoms with E-state index in [0.29, 0.717) is 0 Å². The summed E-state index contributed by atoms with van der Waals surface area (Å²) in [5, 5.41) is 1.07. The molecule has 0 radical (unpaired) electrons. The Bertz CT molecular complexity index is 763. The summed E-state index contributed by atoms with van der Waals surface area (Å²) in [6, 6.07) is 9.67. The van der Waals surface area contributed by atoms with Crippen LogP contribution in [0.5, 0.6) is 11.5 Å². The van der Waals surface area contributed by atoms with Crippen molar-refractivity contribution in [1.82, 2.24) is 4.98 Å². The molecule has 4 heteroatoms. The molecule has 0 saturated heterocycles. The van der Waals surface area contributed by atoms with Gasteiger partial charge in [-0.3, -0.25) is 0 Å². The molecule has 1 aliphatic rings. The monoisotopic (exact) mass is 253 g/mol. The highest BCUT2D eigenvalue weighted by Gasteiger charge is 2.16. The van der Waals surface area contributed by atoms with Gasteiger partial charge in [-0.25, -0.2) is 4.98 Å². The van der Waals surface area contributed by atoms with Gasteiger partial charge in [-0.05, 0) is 36.8 Å². The first kappa shape index (κ1) is 10.4. The van der Waals surface area contributed by atoms with Crippen LogP contribution < -0.4 is 9.47 Å². The van der Waals surface area contributed by atoms with E-state index < -0.39 is 0 Å². The van der Waals surface area contributed by atoms with Gasteiger partial charge in [0.15, 0.2) is 17.3 Å². The Balaban J connectivity index is 1.98. The number of aromatic nitrogens is 1. The van der Waals surface area contributed by atoms with Gasteiger partial charge in [0.2, 0.25) is 6.79 Å². The van der Waals surface area contributed by atoms with E-state index in [1.165, 1.54) is 0 Å². The number of hydrogen-bond acceptors (Lipinski definition) is 4. The van der Waals surface area contributed by atoms with E-state index in [1.807, 2.05) is 30.3 Å². The molecule has 4 nitrogen and oxygen atoms in total. The van der Waals surface area contributed by atoms with Gasteiger partial charge in [-0.15, -0.1) is 0 Å². The third-order valence-electron chi connectivity index (χ3n) is 3.28. The first-order chi connectivity index (χ1) is 9.31. The largest absolute Gasteiger partial charge is 0.463 e. The lowest BCUT2D eigenvalue weighted by molar-refractivity contribution is 0.174. The van der Waals surface area contributed by atoms with Crippen molar-refractivity contribution in [3.8, 4) is 23.0 Å². The molecule has 0 spiro atoms. The summed E-state index contributed by atoms with van der Waals surface area (Å²) in [5.41, 5.74) is 2.85. The molecule has 1 aromatic carbocycles. The number of furan rings is 1. The topological polar surface area (TPSA) is 44.5 Å². The lowest BCUT2D eigenvalue weighted by Crippen LogP contribution is -1.92. The number of benzene rings is 1. The number of hydrogen-bond donors (Lipinski definition) is 0. The quantitative estimate of drug-likeness (QED) is 0.665. The zero-order valence-corrected chi connectivity index (χ0v) is 10.3. The summed E-state index contributed by atoms with van der Waals surface area (Å²) >= 11 is 0. The van der Waals surface area contributed by atoms with E-state index in [0.717, 1.165) is 39.4 Å². The summed E-state index contributed by atoms with van der Waals surface area (Å²) < 4.78 is 16.2. The molecule has 0 amide bonds. The van der Waals surface area contributed by atoms with Crippen LogP contribution in [0.2, 0.25) is 0 Å². The Morgan fingerprint density at radius 3 is 2.74 bits per heavy atom. The maximum absolute atomic E-state index is 5.40. The Hall–Kier alpha value is -2.49. The molecule has 0 bridgehead atoms. The van der Waals surface area contributed by atoms with E-state index in [4.69, 9.17) is 13.9 Å². The Labute approximate surface area is 109 Å². The highest BCUT2D eigenvalue weighted by molar-refractivity contribution is 5.87. The third-order valence-corrected chi connectivity index (χ3v) is 3.28. The van der Waals surface area contributed by atoms with Crippen molar-refractivity contribution in [2.75, 3.05) is 6.79 Å². The van der Waals surface area contributed by atoms with Crippen molar-refractivity contribution in [2.45, 2.75) is 6.92 Å². The fourth-order valence-corrected chi connectivity index (χ4v) is 2.33. The van der Waals surface area contributed by atoms with E-state index in [1.54, 1.807) is 6.26 Å². The molecular formula is C15H11NO3. The second kappa shape index (κ2) is 3.75. The summed E-state index contributed by atoms with van der Waals surface area (Å²) in [6.07, 6.45) is 1.65. The predicted octanol–water partition coefficient (Wildman–Crippen LogP) is 3.53. The summed E-state index contributed by atoms with van der Waals surface area (Å²) in [4.78, 5) is 4.63. The predicted molar refractivity (Wildman–Crippen MR) is 70.3 cm³/mol. The van der Waals surface area contributed by atoms with Crippen LogP contribution >= 0.6 is 0 Å². The minimum absolute atomic E-state index is 0.274. The average Bonchev–Trinajstić information content (AvgIpc) is 3.07. The first-order valence-electron chi connectivity index (χ1n) is 6.06. The van der Waals surface area contributed by atoms with Crippen LogP contribution in [-0.4, -0.2) is 11.8 Å². The van der Waals surface area contributed by atoms with Gasteiger partial charge < -0.3 is 13.9 Å². The maximum atomic E-state index is 5.40. The molecular weight excluding hydrogens is 242 g/mol. The Morgan fingerprint density at radius 1 is 1.11 bits per heavy atom. The lowest BCUT2D eigenvalue weighted by atomic mass is 10.1. The number of ether oxygens (including phenoxy) is 2. The molecule has 2 aromatic heterocycles. The van der Waals surface area contributed by atoms with Gasteiger partial charge in [0.25, 0.3) is 0 Å². The van der Waals surface area contributed by atoms with Crippen LogP contribution in [-0.2, 0) is 0 Å². The van der Waals surface area contributed by atoms with E-state index in [-0.39, 0.29) is 6.79 Å². The van der Waals surface area contributed by atoms with Crippen molar-refractivity contribution in [2.24, 2.45) is 0 Å². The molecule has 0 aliphatic carbocycles. The van der Waals surface area contributed by atoms with Crippen LogP contribution in [0.4, 0.5) is 0 Å². The van der Waals surface area contributed by atoms with Gasteiger partial charge in [0.05, 0.1) is 11.8 Å². The van der Waals surface area contributed by atoms with Crippen molar-refractivity contribution in [1.29, 1.82) is 0 Å². The summed E-state index contributed by atoms with van der Waals surface area (Å²) in [7, 11) is 0. The molecule has 0 unspecified atom stereocenters. The van der Waals surface area contributed by atoms with Gasteiger partial charge in [-0.1, -0.05) is 0 Å². The van der Waals surface area contributed by atoms with E-state index in [2.05, 4.69) is 11.9 Å². The van der Waals surface area contributed by atoms with Gasteiger partial charge in [0.1, 0.15) is 5.69 Å². The number of rotatable bonds is 1. The molecule has 19 heavy (non-hydrogen) atoms. The summed E-state index contributed by atoms with van der Waals surface area (Å²) in [6.45, 7) is 2.33. The van der Waals surface area contributed by atoms with Crippen molar-refractivity contribution < 1.29 is 13.9 Å². The molecule has 0 fully saturated rings. The van der Waals surface area contributed by atoms with Crippen LogP contribution in [0.15, 0.2) is 41.0 Å². The second-order valence-electron chi connectivity index (χ2n) is 4.52. The van der Waals surface area contributed by atoms with E-state index >= 15 is 0 Å². The highest BCUT2D eigenvalue weighted by atomic mass is 16.7. The van der Waals surface area contributed by atoms with Crippen LogP contribution in [0.25, 0.3) is 22.4 Å². The highest BCUT2D eigenvalue weighted by Crippen LogP contribution is 2.37. The molecule has 1 aliphatic heterocycles. The molecule has 0 saturated carbocycles. The third kappa shape index (κ3) is 1.57. The van der Waals surface area contributed by atoms with Crippen molar-refractivity contribution in [3.63, 3.8) is 0 Å². The fourth-order valence-electron chi connectivity index (χ4n) is 2.33. The molecule has 3 heterocycles. The standard InChI is InChI=1S/C15H11NO3/c1-9-5-12(13-3-2-4-17-13)16-11-7-15-14(6-10(9)11)18-8-19-15/h2-7H,8H2,1H3. The zero-order chi connectivity index (χ0) is 12.8. The Morgan fingerprint density at radius 2 is 1.95 bits per heavy atom. The van der Waals surface area contributed by atoms with Gasteiger partial charge in [0, 0.05) is 11.5 Å². The average molecular weight is 253 g/mol. The van der Waals surface area contributed by atoms with E-state index in [9.17, 15) is 0 Å². The number of nitrogens with zero attached hydrogens (tertiary/aromatic N) is 1. The molecule has 0 N–H and O–H groups in total. The number of aryl methyl sites for hydroxylation is 1. The second-order valence-corrected chi connectivity index (χ2v) is 4.52. The number of pyridine rings is 1. The SMILES string of the molecule is Cc1cc(-c2ccco2)nc2cc3c(cc12)OCO3. The smallest absolute Gasteiger partial charge is 0.231 e. The minimum Gasteiger partial charge on any atom is -0.463 e. The van der Waals surface area contributed by atoms with Gasteiger partial charge >= 0.3 is 0 Å². The Kier molecular flexibility index (Phi) is 2.06. The molecule has 0 atom stereocenters. The van der Waals surface area contributed by atoms with Crippen molar-refractivity contribution in [3.05, 3.63) is 42.2 Å². The molecule has 3 aromatic rings. The maximum Gasteiger partial charge on any atom is 0.231 e. The van der Waals surface area contributed by atoms with Gasteiger partial charge in [-0.2, -0.15) is 0 Å². The first-order valence-corrected chi connectivity index (χ1v) is 6.06. The van der Waals surface area contributed by atoms with Crippen LogP contribution in [0.1, 0.15) is 5.56 Å². The normalized spacial score (nSPS) is 13.1. The molecule has 94 valence electrons. The number of fused-ring (bicyclic) bond motifs is 2. The van der Waals surface area contributed by atoms with Crippen LogP contribution in [0, 0.1) is 6.92 Å². The summed E-state index contributed by atoms with van der Waals surface area (Å²) in [5.74, 6) is 2.29. The zero-order valence-electron chi connectivity index (χ0n) is 10.3. The lowest BCUT2D eigenvalue weighted by Gasteiger charge is -2.06. The minimum atomic E-state index is 0.274. The fraction of sp³-hybridized carbons (Fsp3) is 0.133.